The fourth-order valence-electron chi connectivity index (χ4n) is 1.58. The van der Waals surface area contributed by atoms with Gasteiger partial charge in [-0.2, -0.15) is 0 Å². The molecule has 1 aromatic carbocycles. The molecule has 0 heterocycles. The van der Waals surface area contributed by atoms with Crippen LogP contribution in [-0.2, 0) is 9.54 Å². The summed E-state index contributed by atoms with van der Waals surface area (Å²) < 4.78 is -0.859. The Balaban J connectivity index is 3.11. The van der Waals surface area contributed by atoms with Crippen LogP contribution >= 0.6 is 11.8 Å². The Labute approximate surface area is 101 Å². The van der Waals surface area contributed by atoms with Gasteiger partial charge in [-0.25, -0.2) is 0 Å². The van der Waals surface area contributed by atoms with E-state index in [0.717, 1.165) is 11.1 Å². The number of rotatable bonds is 4. The minimum Gasteiger partial charge on any atom is -0.480 e. The normalized spacial score (nSPS) is 14.8. The third-order valence-electron chi connectivity index (χ3n) is 2.48. The molecular formula is C13H18O2S. The van der Waals surface area contributed by atoms with Gasteiger partial charge >= 0.3 is 5.97 Å². The van der Waals surface area contributed by atoms with Crippen LogP contribution in [-0.4, -0.2) is 16.3 Å². The Morgan fingerprint density at radius 2 is 1.81 bits per heavy atom. The van der Waals surface area contributed by atoms with Crippen LogP contribution in [0.2, 0.25) is 0 Å². The zero-order valence-electron chi connectivity index (χ0n) is 10.2. The lowest BCUT2D eigenvalue weighted by Gasteiger charge is -2.26. The van der Waals surface area contributed by atoms with Gasteiger partial charge in [0.2, 0.25) is 0 Å². The third kappa shape index (κ3) is 2.79. The van der Waals surface area contributed by atoms with Gasteiger partial charge < -0.3 is 5.11 Å². The molecule has 0 radical (unpaired) electrons. The van der Waals surface area contributed by atoms with E-state index in [2.05, 4.69) is 0 Å². The molecule has 0 bridgehead atoms. The zero-order valence-corrected chi connectivity index (χ0v) is 11.0. The average molecular weight is 238 g/mol. The predicted octanol–water partition coefficient (Wildman–Crippen LogP) is 3.44. The highest BCUT2D eigenvalue weighted by molar-refractivity contribution is 8.01. The van der Waals surface area contributed by atoms with Gasteiger partial charge in [0.25, 0.3) is 0 Å². The van der Waals surface area contributed by atoms with Gasteiger partial charge in [-0.15, -0.1) is 11.8 Å². The second kappa shape index (κ2) is 4.91. The molecule has 0 fully saturated rings. The summed E-state index contributed by atoms with van der Waals surface area (Å²) in [5, 5.41) is 9.66. The molecule has 0 aliphatic carbocycles. The van der Waals surface area contributed by atoms with Gasteiger partial charge in [0.05, 0.1) is 0 Å². The number of carbonyl (C=O) groups is 1. The molecule has 1 N–H and O–H groups in total. The summed E-state index contributed by atoms with van der Waals surface area (Å²) >= 11 is 1.47. The van der Waals surface area contributed by atoms with Crippen LogP contribution in [0.1, 0.15) is 31.9 Å². The Morgan fingerprint density at radius 1 is 1.31 bits per heavy atom. The molecule has 2 nitrogen and oxygen atoms in total. The van der Waals surface area contributed by atoms with Crippen molar-refractivity contribution in [3.05, 3.63) is 35.4 Å². The van der Waals surface area contributed by atoms with Crippen molar-refractivity contribution >= 4 is 17.7 Å². The smallest absolute Gasteiger partial charge is 0.324 e. The summed E-state index contributed by atoms with van der Waals surface area (Å²) in [6.07, 6.45) is 0. The molecule has 1 rings (SSSR count). The van der Waals surface area contributed by atoms with Crippen molar-refractivity contribution in [3.63, 3.8) is 0 Å². The first-order valence-electron chi connectivity index (χ1n) is 5.34. The number of hydrogen-bond acceptors (Lipinski definition) is 2. The Kier molecular flexibility index (Phi) is 4.03. The number of aryl methyl sites for hydroxylation is 1. The van der Waals surface area contributed by atoms with Crippen LogP contribution in [0.15, 0.2) is 24.3 Å². The molecule has 1 unspecified atom stereocenters. The minimum absolute atomic E-state index is 0.280. The Bertz CT molecular complexity index is 370. The van der Waals surface area contributed by atoms with Gasteiger partial charge in [0.15, 0.2) is 0 Å². The van der Waals surface area contributed by atoms with Crippen LogP contribution in [0, 0.1) is 6.92 Å². The Morgan fingerprint density at radius 3 is 2.19 bits per heavy atom. The van der Waals surface area contributed by atoms with Crippen LogP contribution in [0.3, 0.4) is 0 Å². The fourth-order valence-corrected chi connectivity index (χ4v) is 2.90. The minimum atomic E-state index is -0.859. The van der Waals surface area contributed by atoms with Gasteiger partial charge in [0, 0.05) is 5.25 Å². The largest absolute Gasteiger partial charge is 0.480 e. The lowest BCUT2D eigenvalue weighted by molar-refractivity contribution is -0.139. The van der Waals surface area contributed by atoms with E-state index >= 15 is 0 Å². The van der Waals surface area contributed by atoms with Crippen LogP contribution < -0.4 is 0 Å². The molecule has 0 aromatic heterocycles. The number of carboxylic acids is 1. The van der Waals surface area contributed by atoms with Crippen molar-refractivity contribution in [2.45, 2.75) is 37.7 Å². The van der Waals surface area contributed by atoms with E-state index in [4.69, 9.17) is 0 Å². The molecule has 0 spiro atoms. The average Bonchev–Trinajstić information content (AvgIpc) is 2.17. The summed E-state index contributed by atoms with van der Waals surface area (Å²) in [7, 11) is 0. The van der Waals surface area contributed by atoms with Crippen molar-refractivity contribution in [3.8, 4) is 0 Å². The standard InChI is InChI=1S/C13H18O2S/c1-9(2)16-13(4,12(14)15)11-7-5-10(3)6-8-11/h5-9H,1-4H3,(H,14,15). The quantitative estimate of drug-likeness (QED) is 0.873. The molecule has 1 atom stereocenters. The highest BCUT2D eigenvalue weighted by Gasteiger charge is 2.36. The highest BCUT2D eigenvalue weighted by atomic mass is 32.2. The second-order valence-electron chi connectivity index (χ2n) is 4.37. The molecule has 0 aliphatic heterocycles. The SMILES string of the molecule is Cc1ccc(C(C)(SC(C)C)C(=O)O)cc1. The van der Waals surface area contributed by atoms with E-state index in [1.807, 2.05) is 45.0 Å². The van der Waals surface area contributed by atoms with Crippen molar-refractivity contribution in [1.29, 1.82) is 0 Å². The topological polar surface area (TPSA) is 37.3 Å². The van der Waals surface area contributed by atoms with E-state index in [1.165, 1.54) is 11.8 Å². The number of carboxylic acid groups (broad SMARTS) is 1. The summed E-state index contributed by atoms with van der Waals surface area (Å²) in [5.74, 6) is -0.782. The van der Waals surface area contributed by atoms with Crippen LogP contribution in [0.5, 0.6) is 0 Å². The molecule has 1 aromatic rings. The first kappa shape index (κ1) is 13.1. The number of benzene rings is 1. The van der Waals surface area contributed by atoms with E-state index in [-0.39, 0.29) is 5.25 Å². The first-order valence-corrected chi connectivity index (χ1v) is 6.22. The molecule has 0 saturated carbocycles. The van der Waals surface area contributed by atoms with Crippen molar-refractivity contribution in [2.24, 2.45) is 0 Å². The summed E-state index contributed by atoms with van der Waals surface area (Å²) in [4.78, 5) is 11.4. The van der Waals surface area contributed by atoms with E-state index in [1.54, 1.807) is 6.92 Å². The number of thioether (sulfide) groups is 1. The number of hydrogen-bond donors (Lipinski definition) is 1. The maximum absolute atomic E-state index is 11.4. The lowest BCUT2D eigenvalue weighted by Crippen LogP contribution is -2.30. The van der Waals surface area contributed by atoms with Gasteiger partial charge in [-0.05, 0) is 19.4 Å². The molecule has 0 saturated heterocycles. The highest BCUT2D eigenvalue weighted by Crippen LogP contribution is 2.39. The van der Waals surface area contributed by atoms with Crippen molar-refractivity contribution < 1.29 is 9.90 Å². The summed E-state index contributed by atoms with van der Waals surface area (Å²) in [6.45, 7) is 7.79. The maximum atomic E-state index is 11.4. The second-order valence-corrected chi connectivity index (χ2v) is 6.37. The maximum Gasteiger partial charge on any atom is 0.324 e. The molecule has 16 heavy (non-hydrogen) atoms. The lowest BCUT2D eigenvalue weighted by atomic mass is 9.99. The zero-order chi connectivity index (χ0) is 12.3. The Hall–Kier alpha value is -0.960. The van der Waals surface area contributed by atoms with E-state index < -0.39 is 10.7 Å². The van der Waals surface area contributed by atoms with Gasteiger partial charge in [-0.1, -0.05) is 43.7 Å². The summed E-state index contributed by atoms with van der Waals surface area (Å²) in [6, 6.07) is 7.71. The summed E-state index contributed by atoms with van der Waals surface area (Å²) in [5.41, 5.74) is 2.00. The van der Waals surface area contributed by atoms with E-state index in [9.17, 15) is 9.90 Å². The first-order chi connectivity index (χ1) is 7.36. The molecule has 0 aliphatic rings. The van der Waals surface area contributed by atoms with Gasteiger partial charge in [0.1, 0.15) is 4.75 Å². The van der Waals surface area contributed by atoms with Crippen LogP contribution in [0.25, 0.3) is 0 Å². The molecule has 88 valence electrons. The molecular weight excluding hydrogens is 220 g/mol. The van der Waals surface area contributed by atoms with Crippen LogP contribution in [0.4, 0.5) is 0 Å². The third-order valence-corrected chi connectivity index (χ3v) is 3.84. The predicted molar refractivity (Wildman–Crippen MR) is 68.9 cm³/mol. The number of aliphatic carboxylic acids is 1. The monoisotopic (exact) mass is 238 g/mol. The molecule has 3 heteroatoms. The van der Waals surface area contributed by atoms with Gasteiger partial charge in [-0.3, -0.25) is 4.79 Å². The van der Waals surface area contributed by atoms with Crippen molar-refractivity contribution in [1.82, 2.24) is 0 Å². The fraction of sp³-hybridized carbons (Fsp3) is 0.462. The molecule has 0 amide bonds. The van der Waals surface area contributed by atoms with E-state index in [0.29, 0.717) is 0 Å². The van der Waals surface area contributed by atoms with Crippen molar-refractivity contribution in [2.75, 3.05) is 0 Å².